The van der Waals surface area contributed by atoms with Gasteiger partial charge in [0, 0.05) is 11.6 Å². The topological polar surface area (TPSA) is 12.0 Å². The van der Waals surface area contributed by atoms with Crippen molar-refractivity contribution in [1.82, 2.24) is 5.32 Å². The van der Waals surface area contributed by atoms with Gasteiger partial charge in [-0.2, -0.15) is 0 Å². The van der Waals surface area contributed by atoms with Crippen molar-refractivity contribution in [3.8, 4) is 0 Å². The van der Waals surface area contributed by atoms with Crippen LogP contribution in [0.5, 0.6) is 0 Å². The second-order valence-electron chi connectivity index (χ2n) is 3.64. The predicted molar refractivity (Wildman–Crippen MR) is 61.7 cm³/mol. The third-order valence-corrected chi connectivity index (χ3v) is 2.97. The van der Waals surface area contributed by atoms with E-state index in [1.165, 1.54) is 16.7 Å². The maximum Gasteiger partial charge on any atom is 0.0444 e. The molecular formula is C12H14ClN. The zero-order valence-corrected chi connectivity index (χ0v) is 9.06. The lowest BCUT2D eigenvalue weighted by Gasteiger charge is -2.17. The van der Waals surface area contributed by atoms with E-state index >= 15 is 0 Å². The van der Waals surface area contributed by atoms with Gasteiger partial charge >= 0.3 is 0 Å². The van der Waals surface area contributed by atoms with Gasteiger partial charge in [0.25, 0.3) is 0 Å². The molecule has 1 aromatic carbocycles. The van der Waals surface area contributed by atoms with Gasteiger partial charge in [0.1, 0.15) is 0 Å². The second-order valence-corrected chi connectivity index (χ2v) is 4.05. The van der Waals surface area contributed by atoms with Crippen molar-refractivity contribution in [2.75, 3.05) is 13.6 Å². The summed E-state index contributed by atoms with van der Waals surface area (Å²) in [6.45, 7) is 0.978. The van der Waals surface area contributed by atoms with Crippen LogP contribution in [0.2, 0.25) is 5.02 Å². The first kappa shape index (κ1) is 9.75. The van der Waals surface area contributed by atoms with Crippen molar-refractivity contribution in [3.05, 3.63) is 39.9 Å². The van der Waals surface area contributed by atoms with Crippen LogP contribution >= 0.6 is 11.6 Å². The molecule has 1 nitrogen and oxygen atoms in total. The van der Waals surface area contributed by atoms with E-state index in [1.54, 1.807) is 0 Å². The van der Waals surface area contributed by atoms with E-state index in [0.717, 1.165) is 24.4 Å². The van der Waals surface area contributed by atoms with Gasteiger partial charge in [0.15, 0.2) is 0 Å². The number of hydrogen-bond donors (Lipinski definition) is 1. The van der Waals surface area contributed by atoms with Crippen LogP contribution in [-0.2, 0) is 6.42 Å². The van der Waals surface area contributed by atoms with Gasteiger partial charge in [0.05, 0.1) is 0 Å². The van der Waals surface area contributed by atoms with Crippen molar-refractivity contribution in [3.63, 3.8) is 0 Å². The second kappa shape index (κ2) is 4.16. The van der Waals surface area contributed by atoms with Crippen LogP contribution in [0, 0.1) is 0 Å². The zero-order chi connectivity index (χ0) is 9.97. The summed E-state index contributed by atoms with van der Waals surface area (Å²) in [4.78, 5) is 0. The SMILES string of the molecule is CNCC1=Cc2cccc(Cl)c2CC1. The number of fused-ring (bicyclic) bond motifs is 1. The number of rotatable bonds is 2. The van der Waals surface area contributed by atoms with E-state index in [0.29, 0.717) is 0 Å². The summed E-state index contributed by atoms with van der Waals surface area (Å²) in [6, 6.07) is 6.12. The molecule has 0 amide bonds. The highest BCUT2D eigenvalue weighted by Crippen LogP contribution is 2.28. The lowest BCUT2D eigenvalue weighted by Crippen LogP contribution is -2.13. The van der Waals surface area contributed by atoms with Gasteiger partial charge in [-0.3, -0.25) is 0 Å². The number of hydrogen-bond acceptors (Lipinski definition) is 1. The van der Waals surface area contributed by atoms with Crippen molar-refractivity contribution >= 4 is 17.7 Å². The van der Waals surface area contributed by atoms with Crippen molar-refractivity contribution in [2.24, 2.45) is 0 Å². The van der Waals surface area contributed by atoms with Gasteiger partial charge in [-0.05, 0) is 37.1 Å². The average molecular weight is 208 g/mol. The van der Waals surface area contributed by atoms with E-state index in [9.17, 15) is 0 Å². The summed E-state index contributed by atoms with van der Waals surface area (Å²) in [6.07, 6.45) is 4.45. The molecule has 0 bridgehead atoms. The predicted octanol–water partition coefficient (Wildman–Crippen LogP) is 2.89. The molecule has 1 aliphatic carbocycles. The average Bonchev–Trinajstić information content (AvgIpc) is 2.18. The molecule has 0 aromatic heterocycles. The van der Waals surface area contributed by atoms with Crippen LogP contribution in [0.4, 0.5) is 0 Å². The molecule has 0 aliphatic heterocycles. The Hall–Kier alpha value is -0.790. The molecule has 14 heavy (non-hydrogen) atoms. The van der Waals surface area contributed by atoms with Crippen molar-refractivity contribution < 1.29 is 0 Å². The Kier molecular flexibility index (Phi) is 2.90. The van der Waals surface area contributed by atoms with Crippen LogP contribution in [0.1, 0.15) is 17.5 Å². The van der Waals surface area contributed by atoms with Crippen LogP contribution in [-0.4, -0.2) is 13.6 Å². The van der Waals surface area contributed by atoms with E-state index in [4.69, 9.17) is 11.6 Å². The van der Waals surface area contributed by atoms with E-state index in [2.05, 4.69) is 17.5 Å². The fourth-order valence-electron chi connectivity index (χ4n) is 1.92. The van der Waals surface area contributed by atoms with Gasteiger partial charge in [0.2, 0.25) is 0 Å². The van der Waals surface area contributed by atoms with Crippen LogP contribution in [0.25, 0.3) is 6.08 Å². The highest BCUT2D eigenvalue weighted by molar-refractivity contribution is 6.31. The number of nitrogens with one attached hydrogen (secondary N) is 1. The van der Waals surface area contributed by atoms with Gasteiger partial charge in [-0.1, -0.05) is 35.4 Å². The summed E-state index contributed by atoms with van der Waals surface area (Å²) >= 11 is 6.12. The largest absolute Gasteiger partial charge is 0.316 e. The van der Waals surface area contributed by atoms with Crippen molar-refractivity contribution in [2.45, 2.75) is 12.8 Å². The molecule has 0 fully saturated rings. The fraction of sp³-hybridized carbons (Fsp3) is 0.333. The Morgan fingerprint density at radius 2 is 2.21 bits per heavy atom. The molecule has 1 aliphatic rings. The maximum atomic E-state index is 6.12. The Balaban J connectivity index is 2.35. The molecular weight excluding hydrogens is 194 g/mol. The smallest absolute Gasteiger partial charge is 0.0444 e. The summed E-state index contributed by atoms with van der Waals surface area (Å²) < 4.78 is 0. The number of likely N-dealkylation sites (N-methyl/N-ethyl adjacent to an activating group) is 1. The van der Waals surface area contributed by atoms with E-state index in [1.807, 2.05) is 19.2 Å². The minimum absolute atomic E-state index is 0.905. The highest BCUT2D eigenvalue weighted by atomic mass is 35.5. The highest BCUT2D eigenvalue weighted by Gasteiger charge is 2.11. The Bertz CT molecular complexity index is 369. The maximum absolute atomic E-state index is 6.12. The minimum Gasteiger partial charge on any atom is -0.316 e. The summed E-state index contributed by atoms with van der Waals surface area (Å²) in [5.41, 5.74) is 4.05. The van der Waals surface area contributed by atoms with E-state index < -0.39 is 0 Å². The standard InChI is InChI=1S/C12H14ClN/c1-14-8-9-5-6-11-10(7-9)3-2-4-12(11)13/h2-4,7,14H,5-6,8H2,1H3. The Labute approximate surface area is 89.8 Å². The van der Waals surface area contributed by atoms with Gasteiger partial charge in [-0.25, -0.2) is 0 Å². The summed E-state index contributed by atoms with van der Waals surface area (Å²) in [5, 5.41) is 4.09. The number of halogens is 1. The normalized spacial score (nSPS) is 14.9. The Morgan fingerprint density at radius 1 is 1.36 bits per heavy atom. The Morgan fingerprint density at radius 3 is 3.00 bits per heavy atom. The molecule has 0 radical (unpaired) electrons. The zero-order valence-electron chi connectivity index (χ0n) is 8.31. The molecule has 74 valence electrons. The van der Waals surface area contributed by atoms with Crippen LogP contribution < -0.4 is 5.32 Å². The minimum atomic E-state index is 0.905. The van der Waals surface area contributed by atoms with E-state index in [-0.39, 0.29) is 0 Å². The molecule has 0 saturated heterocycles. The van der Waals surface area contributed by atoms with Gasteiger partial charge < -0.3 is 5.32 Å². The molecule has 0 saturated carbocycles. The van der Waals surface area contributed by atoms with Gasteiger partial charge in [-0.15, -0.1) is 0 Å². The first-order valence-corrected chi connectivity index (χ1v) is 5.30. The molecule has 0 spiro atoms. The first-order chi connectivity index (χ1) is 6.81. The molecule has 1 aromatic rings. The lowest BCUT2D eigenvalue weighted by molar-refractivity contribution is 0.809. The molecule has 0 atom stereocenters. The molecule has 0 unspecified atom stereocenters. The monoisotopic (exact) mass is 207 g/mol. The van der Waals surface area contributed by atoms with Crippen molar-refractivity contribution in [1.29, 1.82) is 0 Å². The summed E-state index contributed by atoms with van der Waals surface area (Å²) in [5.74, 6) is 0. The fourth-order valence-corrected chi connectivity index (χ4v) is 2.19. The molecule has 0 heterocycles. The van der Waals surface area contributed by atoms with Crippen LogP contribution in [0.15, 0.2) is 23.8 Å². The third kappa shape index (κ3) is 1.84. The summed E-state index contributed by atoms with van der Waals surface area (Å²) in [7, 11) is 1.98. The quantitative estimate of drug-likeness (QED) is 0.787. The molecule has 1 N–H and O–H groups in total. The first-order valence-electron chi connectivity index (χ1n) is 4.92. The lowest BCUT2D eigenvalue weighted by atomic mass is 9.92. The number of benzene rings is 1. The molecule has 2 heteroatoms. The van der Waals surface area contributed by atoms with Crippen LogP contribution in [0.3, 0.4) is 0 Å². The third-order valence-electron chi connectivity index (χ3n) is 2.61. The molecule has 2 rings (SSSR count).